The fourth-order valence-electron chi connectivity index (χ4n) is 2.67. The minimum atomic E-state index is -2.98. The van der Waals surface area contributed by atoms with Crippen molar-refractivity contribution in [3.8, 4) is 0 Å². The van der Waals surface area contributed by atoms with Crippen LogP contribution in [0, 0.1) is 23.3 Å². The Morgan fingerprint density at radius 3 is 1.87 bits per heavy atom. The van der Waals surface area contributed by atoms with Crippen molar-refractivity contribution >= 4 is 14.7 Å². The molecule has 1 aromatic carbocycles. The van der Waals surface area contributed by atoms with E-state index >= 15 is 0 Å². The van der Waals surface area contributed by atoms with E-state index in [0.29, 0.717) is 32.3 Å². The molecule has 0 unspecified atom stereocenters. The predicted molar refractivity (Wildman–Crippen MR) is 107 cm³/mol. The highest BCUT2D eigenvalue weighted by atomic mass is 28.4. The molecule has 0 aliphatic rings. The first-order valence-electron chi connectivity index (χ1n) is 10.4. The molecule has 0 fully saturated rings. The van der Waals surface area contributed by atoms with Gasteiger partial charge >= 0.3 is 8.80 Å². The lowest BCUT2D eigenvalue weighted by Gasteiger charge is -2.29. The lowest BCUT2D eigenvalue weighted by molar-refractivity contribution is 0.0178. The number of halogens is 5. The van der Waals surface area contributed by atoms with E-state index in [0.717, 1.165) is 19.3 Å². The van der Waals surface area contributed by atoms with Crippen LogP contribution >= 0.6 is 0 Å². The molecule has 31 heavy (non-hydrogen) atoms. The van der Waals surface area contributed by atoms with Crippen molar-refractivity contribution in [1.82, 2.24) is 5.12 Å². The first kappa shape index (κ1) is 27.5. The SMILES string of the molecule is CCCO[Si](CCCCN(F)C(=O)c1cc(F)c(F)c(F)c1F)(OCCC)OCCC. The van der Waals surface area contributed by atoms with Gasteiger partial charge in [-0.05, 0) is 38.2 Å². The third-order valence-corrected chi connectivity index (χ3v) is 7.12. The van der Waals surface area contributed by atoms with Crippen LogP contribution < -0.4 is 0 Å². The zero-order chi connectivity index (χ0) is 23.4. The number of benzene rings is 1. The van der Waals surface area contributed by atoms with Crippen molar-refractivity contribution in [2.24, 2.45) is 0 Å². The molecule has 0 aliphatic carbocycles. The third-order valence-electron chi connectivity index (χ3n) is 4.22. The molecule has 0 atom stereocenters. The van der Waals surface area contributed by atoms with Gasteiger partial charge in [0.05, 0.1) is 12.1 Å². The van der Waals surface area contributed by atoms with Gasteiger partial charge in [0.15, 0.2) is 23.3 Å². The van der Waals surface area contributed by atoms with E-state index in [1.807, 2.05) is 20.8 Å². The van der Waals surface area contributed by atoms with E-state index in [-0.39, 0.29) is 17.6 Å². The number of carbonyl (C=O) groups is 1. The van der Waals surface area contributed by atoms with Crippen LogP contribution in [0.15, 0.2) is 6.07 Å². The van der Waals surface area contributed by atoms with E-state index in [2.05, 4.69) is 0 Å². The zero-order valence-corrected chi connectivity index (χ0v) is 19.1. The summed E-state index contributed by atoms with van der Waals surface area (Å²) in [6.07, 6.45) is 2.82. The average molecular weight is 472 g/mol. The average Bonchev–Trinajstić information content (AvgIpc) is 2.77. The second-order valence-corrected chi connectivity index (χ2v) is 9.66. The highest BCUT2D eigenvalue weighted by molar-refractivity contribution is 6.60. The van der Waals surface area contributed by atoms with E-state index < -0.39 is 50.1 Å². The number of unbranched alkanes of at least 4 members (excludes halogenated alkanes) is 1. The number of carbonyl (C=O) groups excluding carboxylic acids is 1. The van der Waals surface area contributed by atoms with Gasteiger partial charge in [0.2, 0.25) is 0 Å². The summed E-state index contributed by atoms with van der Waals surface area (Å²) < 4.78 is 85.2. The maximum absolute atomic E-state index is 14.2. The summed E-state index contributed by atoms with van der Waals surface area (Å²) in [6.45, 7) is 6.75. The van der Waals surface area contributed by atoms with Crippen molar-refractivity contribution in [1.29, 1.82) is 0 Å². The van der Waals surface area contributed by atoms with Gasteiger partial charge in [0, 0.05) is 25.9 Å². The summed E-state index contributed by atoms with van der Waals surface area (Å²) in [4.78, 5) is 12.0. The van der Waals surface area contributed by atoms with Crippen molar-refractivity contribution in [3.05, 3.63) is 34.9 Å². The van der Waals surface area contributed by atoms with Crippen LogP contribution in [0.5, 0.6) is 0 Å². The summed E-state index contributed by atoms with van der Waals surface area (Å²) in [5.74, 6) is -9.54. The quantitative estimate of drug-likeness (QED) is 0.0838. The molecular formula is C20H30F5NO4Si. The molecule has 1 aromatic rings. The van der Waals surface area contributed by atoms with Crippen LogP contribution in [0.1, 0.15) is 63.2 Å². The molecule has 0 saturated heterocycles. The fraction of sp³-hybridized carbons (Fsp3) is 0.650. The molecule has 0 radical (unpaired) electrons. The summed E-state index contributed by atoms with van der Waals surface area (Å²) in [7, 11) is -2.98. The Morgan fingerprint density at radius 2 is 1.39 bits per heavy atom. The number of rotatable bonds is 15. The third kappa shape index (κ3) is 8.13. The first-order chi connectivity index (χ1) is 14.7. The fourth-order valence-corrected chi connectivity index (χ4v) is 5.58. The van der Waals surface area contributed by atoms with Crippen molar-refractivity contribution in [3.63, 3.8) is 0 Å². The zero-order valence-electron chi connectivity index (χ0n) is 18.1. The second-order valence-electron chi connectivity index (χ2n) is 6.92. The summed E-state index contributed by atoms with van der Waals surface area (Å²) in [5, 5.41) is -0.356. The monoisotopic (exact) mass is 471 g/mol. The van der Waals surface area contributed by atoms with Gasteiger partial charge in [-0.1, -0.05) is 25.3 Å². The van der Waals surface area contributed by atoms with Crippen LogP contribution in [-0.2, 0) is 13.3 Å². The van der Waals surface area contributed by atoms with Crippen molar-refractivity contribution in [2.75, 3.05) is 26.4 Å². The van der Waals surface area contributed by atoms with Crippen LogP contribution in [0.2, 0.25) is 6.04 Å². The van der Waals surface area contributed by atoms with Gasteiger partial charge in [-0.3, -0.25) is 4.79 Å². The molecule has 0 N–H and O–H groups in total. The summed E-state index contributed by atoms with van der Waals surface area (Å²) in [5.41, 5.74) is -1.22. The maximum Gasteiger partial charge on any atom is 0.500 e. The topological polar surface area (TPSA) is 48.0 Å². The maximum atomic E-state index is 14.2. The minimum absolute atomic E-state index is 0.135. The molecule has 178 valence electrons. The van der Waals surface area contributed by atoms with Gasteiger partial charge in [-0.25, -0.2) is 17.6 Å². The number of hydrogen-bond donors (Lipinski definition) is 0. The number of amides is 1. The molecule has 0 aromatic heterocycles. The first-order valence-corrected chi connectivity index (χ1v) is 12.4. The van der Waals surface area contributed by atoms with Crippen molar-refractivity contribution in [2.45, 2.75) is 58.9 Å². The molecule has 0 saturated carbocycles. The van der Waals surface area contributed by atoms with E-state index in [9.17, 15) is 26.8 Å². The molecule has 11 heteroatoms. The summed E-state index contributed by atoms with van der Waals surface area (Å²) in [6, 6.07) is 0.527. The molecule has 0 bridgehead atoms. The molecule has 0 aliphatic heterocycles. The molecule has 5 nitrogen and oxygen atoms in total. The normalized spacial score (nSPS) is 11.7. The van der Waals surface area contributed by atoms with E-state index in [4.69, 9.17) is 13.3 Å². The number of hydrogen-bond acceptors (Lipinski definition) is 4. The van der Waals surface area contributed by atoms with Crippen LogP contribution in [0.25, 0.3) is 0 Å². The molecule has 0 spiro atoms. The number of nitrogens with zero attached hydrogens (tertiary/aromatic N) is 1. The standard InChI is InChI=1S/C20H30F5NO4Si/c1-4-10-28-31(29-11-5-2,30-12-6-3)13-8-7-9-26(25)20(27)15-14-16(21)18(23)19(24)17(15)22/h14H,4-13H2,1-3H3. The Labute approximate surface area is 180 Å². The highest BCUT2D eigenvalue weighted by Gasteiger charge is 2.40. The summed E-state index contributed by atoms with van der Waals surface area (Å²) >= 11 is 0. The lowest BCUT2D eigenvalue weighted by Crippen LogP contribution is -2.46. The Bertz CT molecular complexity index is 689. The van der Waals surface area contributed by atoms with Gasteiger partial charge in [0.1, 0.15) is 0 Å². The van der Waals surface area contributed by atoms with Gasteiger partial charge in [-0.2, -0.15) is 5.12 Å². The highest BCUT2D eigenvalue weighted by Crippen LogP contribution is 2.23. The smallest absolute Gasteiger partial charge is 0.373 e. The Balaban J connectivity index is 2.73. The lowest BCUT2D eigenvalue weighted by atomic mass is 10.1. The molecule has 1 rings (SSSR count). The molecule has 1 amide bonds. The van der Waals surface area contributed by atoms with E-state index in [1.54, 1.807) is 0 Å². The second kappa shape index (κ2) is 13.8. The van der Waals surface area contributed by atoms with Crippen LogP contribution in [0.3, 0.4) is 0 Å². The van der Waals surface area contributed by atoms with Crippen molar-refractivity contribution < 1.29 is 40.1 Å². The van der Waals surface area contributed by atoms with Gasteiger partial charge in [-0.15, -0.1) is 0 Å². The molecule has 0 heterocycles. The minimum Gasteiger partial charge on any atom is -0.373 e. The Hall–Kier alpha value is -1.56. The van der Waals surface area contributed by atoms with Crippen LogP contribution in [-0.4, -0.2) is 46.2 Å². The van der Waals surface area contributed by atoms with Gasteiger partial charge in [0.25, 0.3) is 5.91 Å². The largest absolute Gasteiger partial charge is 0.500 e. The van der Waals surface area contributed by atoms with Gasteiger partial charge < -0.3 is 13.3 Å². The van der Waals surface area contributed by atoms with E-state index in [1.165, 1.54) is 0 Å². The van der Waals surface area contributed by atoms with Crippen LogP contribution in [0.4, 0.5) is 22.0 Å². The molecular weight excluding hydrogens is 441 g/mol. The predicted octanol–water partition coefficient (Wildman–Crippen LogP) is 5.57. The Morgan fingerprint density at radius 1 is 0.871 bits per heavy atom. The Kier molecular flexibility index (Phi) is 12.2.